The van der Waals surface area contributed by atoms with Crippen LogP contribution < -0.4 is 4.74 Å². The van der Waals surface area contributed by atoms with E-state index >= 15 is 0 Å². The molecule has 0 bridgehead atoms. The summed E-state index contributed by atoms with van der Waals surface area (Å²) in [6.07, 6.45) is 6.14. The van der Waals surface area contributed by atoms with Crippen LogP contribution in [0.4, 0.5) is 0 Å². The van der Waals surface area contributed by atoms with Crippen LogP contribution in [-0.2, 0) is 11.2 Å². The predicted molar refractivity (Wildman–Crippen MR) is 69.7 cm³/mol. The number of hydrogen-bond donors (Lipinski definition) is 1. The molecule has 0 saturated heterocycles. The Bertz CT molecular complexity index is 475. The van der Waals surface area contributed by atoms with Gasteiger partial charge >= 0.3 is 5.97 Å². The van der Waals surface area contributed by atoms with Crippen LogP contribution in [0.3, 0.4) is 0 Å². The number of hydrogen-bond acceptors (Lipinski definition) is 3. The molecule has 0 atom stereocenters. The molecular weight excluding hydrogens is 228 g/mol. The molecule has 1 aliphatic heterocycles. The quantitative estimate of drug-likeness (QED) is 0.434. The molecule has 1 aromatic carbocycles. The van der Waals surface area contributed by atoms with E-state index in [0.29, 0.717) is 12.2 Å². The summed E-state index contributed by atoms with van der Waals surface area (Å²) < 4.78 is 5.35. The van der Waals surface area contributed by atoms with E-state index in [0.717, 1.165) is 31.2 Å². The van der Waals surface area contributed by atoms with E-state index in [4.69, 9.17) is 4.74 Å². The molecule has 3 heteroatoms. The van der Waals surface area contributed by atoms with Crippen molar-refractivity contribution in [2.45, 2.75) is 39.0 Å². The fraction of sp³-hybridized carbons (Fsp3) is 0.400. The van der Waals surface area contributed by atoms with Gasteiger partial charge in [0.25, 0.3) is 0 Å². The molecule has 2 rings (SSSR count). The van der Waals surface area contributed by atoms with Gasteiger partial charge < -0.3 is 9.84 Å². The van der Waals surface area contributed by atoms with Crippen LogP contribution in [0.25, 0.3) is 0 Å². The highest BCUT2D eigenvalue weighted by molar-refractivity contribution is 5.73. The fourth-order valence-electron chi connectivity index (χ4n) is 2.08. The second-order valence-electron chi connectivity index (χ2n) is 4.71. The zero-order chi connectivity index (χ0) is 13.0. The number of esters is 1. The Hall–Kier alpha value is -1.77. The molecule has 3 nitrogen and oxygen atoms in total. The largest absolute Gasteiger partial charge is 0.508 e. The number of carbonyl (C=O) groups is 1. The van der Waals surface area contributed by atoms with Crippen LogP contribution in [0.15, 0.2) is 29.8 Å². The van der Waals surface area contributed by atoms with Crippen LogP contribution in [0, 0.1) is 0 Å². The monoisotopic (exact) mass is 246 g/mol. The van der Waals surface area contributed by atoms with E-state index in [2.05, 4.69) is 6.08 Å². The number of allylic oxidation sites excluding steroid dienone is 2. The molecule has 0 saturated carbocycles. The van der Waals surface area contributed by atoms with Crippen molar-refractivity contribution < 1.29 is 14.6 Å². The Morgan fingerprint density at radius 2 is 2.06 bits per heavy atom. The first-order valence-electron chi connectivity index (χ1n) is 6.33. The van der Waals surface area contributed by atoms with E-state index in [1.54, 1.807) is 18.2 Å². The molecule has 96 valence electrons. The minimum Gasteiger partial charge on any atom is -0.508 e. The summed E-state index contributed by atoms with van der Waals surface area (Å²) in [4.78, 5) is 11.7. The summed E-state index contributed by atoms with van der Waals surface area (Å²) in [7, 11) is 0. The van der Waals surface area contributed by atoms with Crippen molar-refractivity contribution in [2.24, 2.45) is 0 Å². The molecule has 1 aliphatic rings. The third kappa shape index (κ3) is 3.36. The molecule has 0 aliphatic carbocycles. The lowest BCUT2D eigenvalue weighted by Gasteiger charge is -2.09. The number of benzene rings is 1. The summed E-state index contributed by atoms with van der Waals surface area (Å²) >= 11 is 0. The van der Waals surface area contributed by atoms with Gasteiger partial charge in [0.05, 0.1) is 0 Å². The standard InChI is InChI=1S/C15H18O3/c1-11-4-2-3-5-12-10-13(16)7-8-14(12)18-15(17)9-6-11/h4,7-8,10,16H,2-3,5-6,9H2,1H3/b11-4+. The van der Waals surface area contributed by atoms with Gasteiger partial charge in [0.1, 0.15) is 11.5 Å². The topological polar surface area (TPSA) is 46.5 Å². The average Bonchev–Trinajstić information content (AvgIpc) is 2.37. The smallest absolute Gasteiger partial charge is 0.311 e. The van der Waals surface area contributed by atoms with Crippen molar-refractivity contribution in [1.82, 2.24) is 0 Å². The summed E-state index contributed by atoms with van der Waals surface area (Å²) in [5.74, 6) is 0.584. The Morgan fingerprint density at radius 1 is 1.22 bits per heavy atom. The number of aryl methyl sites for hydroxylation is 1. The highest BCUT2D eigenvalue weighted by Crippen LogP contribution is 2.26. The molecule has 1 N–H and O–H groups in total. The summed E-state index contributed by atoms with van der Waals surface area (Å²) in [6, 6.07) is 4.90. The van der Waals surface area contributed by atoms with Crippen LogP contribution >= 0.6 is 0 Å². The van der Waals surface area contributed by atoms with Gasteiger partial charge in [-0.15, -0.1) is 0 Å². The number of rotatable bonds is 0. The van der Waals surface area contributed by atoms with Gasteiger partial charge in [-0.05, 0) is 56.4 Å². The molecule has 0 aromatic heterocycles. The number of aromatic hydroxyl groups is 1. The molecule has 1 aromatic rings. The second kappa shape index (κ2) is 5.71. The first-order chi connectivity index (χ1) is 8.65. The van der Waals surface area contributed by atoms with Gasteiger partial charge in [-0.2, -0.15) is 0 Å². The molecule has 0 amide bonds. The molecule has 0 fully saturated rings. The normalized spacial score (nSPS) is 20.1. The van der Waals surface area contributed by atoms with Gasteiger partial charge in [-0.25, -0.2) is 0 Å². The number of fused-ring (bicyclic) bond motifs is 1. The van der Waals surface area contributed by atoms with Crippen molar-refractivity contribution in [2.75, 3.05) is 0 Å². The number of carbonyl (C=O) groups excluding carboxylic acids is 1. The molecule has 0 spiro atoms. The first kappa shape index (κ1) is 12.7. The van der Waals surface area contributed by atoms with Crippen molar-refractivity contribution in [3.8, 4) is 11.5 Å². The fourth-order valence-corrected chi connectivity index (χ4v) is 2.08. The SMILES string of the molecule is C/C1=C\CCCc2cc(O)ccc2OC(=O)CC1. The molecule has 0 unspecified atom stereocenters. The average molecular weight is 246 g/mol. The summed E-state index contributed by atoms with van der Waals surface area (Å²) in [5, 5.41) is 9.49. The van der Waals surface area contributed by atoms with Gasteiger partial charge in [-0.1, -0.05) is 11.6 Å². The van der Waals surface area contributed by atoms with E-state index in [-0.39, 0.29) is 11.7 Å². The summed E-state index contributed by atoms with van der Waals surface area (Å²) in [5.41, 5.74) is 2.14. The van der Waals surface area contributed by atoms with Crippen LogP contribution in [0.5, 0.6) is 11.5 Å². The van der Waals surface area contributed by atoms with Crippen LogP contribution in [-0.4, -0.2) is 11.1 Å². The Kier molecular flexibility index (Phi) is 4.03. The minimum atomic E-state index is -0.211. The summed E-state index contributed by atoms with van der Waals surface area (Å²) in [6.45, 7) is 2.05. The third-order valence-electron chi connectivity index (χ3n) is 3.13. The highest BCUT2D eigenvalue weighted by atomic mass is 16.5. The van der Waals surface area contributed by atoms with Crippen molar-refractivity contribution >= 4 is 5.97 Å². The van der Waals surface area contributed by atoms with Gasteiger partial charge in [-0.3, -0.25) is 4.79 Å². The van der Waals surface area contributed by atoms with E-state index in [9.17, 15) is 9.90 Å². The molecule has 18 heavy (non-hydrogen) atoms. The van der Waals surface area contributed by atoms with Gasteiger partial charge in [0.15, 0.2) is 0 Å². The van der Waals surface area contributed by atoms with Crippen molar-refractivity contribution in [1.29, 1.82) is 0 Å². The zero-order valence-corrected chi connectivity index (χ0v) is 10.6. The van der Waals surface area contributed by atoms with Crippen molar-refractivity contribution in [3.05, 3.63) is 35.4 Å². The lowest BCUT2D eigenvalue weighted by Crippen LogP contribution is -2.09. The van der Waals surface area contributed by atoms with Crippen molar-refractivity contribution in [3.63, 3.8) is 0 Å². The van der Waals surface area contributed by atoms with Crippen LogP contribution in [0.1, 0.15) is 38.2 Å². The first-order valence-corrected chi connectivity index (χ1v) is 6.33. The maximum absolute atomic E-state index is 11.7. The van der Waals surface area contributed by atoms with Gasteiger partial charge in [0.2, 0.25) is 0 Å². The Labute approximate surface area is 107 Å². The Morgan fingerprint density at radius 3 is 2.89 bits per heavy atom. The number of phenolic OH excluding ortho intramolecular Hbond substituents is 1. The number of ether oxygens (including phenoxy) is 1. The van der Waals surface area contributed by atoms with Crippen LogP contribution in [0.2, 0.25) is 0 Å². The highest BCUT2D eigenvalue weighted by Gasteiger charge is 2.11. The molecule has 1 heterocycles. The minimum absolute atomic E-state index is 0.211. The third-order valence-corrected chi connectivity index (χ3v) is 3.13. The zero-order valence-electron chi connectivity index (χ0n) is 10.6. The number of phenols is 1. The lowest BCUT2D eigenvalue weighted by atomic mass is 10.1. The van der Waals surface area contributed by atoms with E-state index < -0.39 is 0 Å². The second-order valence-corrected chi connectivity index (χ2v) is 4.71. The van der Waals surface area contributed by atoms with E-state index in [1.807, 2.05) is 6.92 Å². The lowest BCUT2D eigenvalue weighted by molar-refractivity contribution is -0.134. The van der Waals surface area contributed by atoms with Gasteiger partial charge in [0, 0.05) is 6.42 Å². The molecule has 0 radical (unpaired) electrons. The maximum Gasteiger partial charge on any atom is 0.311 e. The maximum atomic E-state index is 11.7. The Balaban J connectivity index is 2.23. The van der Waals surface area contributed by atoms with E-state index in [1.165, 1.54) is 5.57 Å². The predicted octanol–water partition coefficient (Wildman–Crippen LogP) is 3.36. The molecular formula is C15H18O3.